The van der Waals surface area contributed by atoms with Crippen molar-refractivity contribution in [3.05, 3.63) is 48.5 Å². The summed E-state index contributed by atoms with van der Waals surface area (Å²) >= 11 is 0. The Kier molecular flexibility index (Phi) is 6.61. The van der Waals surface area contributed by atoms with Crippen LogP contribution in [0.1, 0.15) is 13.3 Å². The van der Waals surface area contributed by atoms with Gasteiger partial charge in [0.05, 0.1) is 31.1 Å². The van der Waals surface area contributed by atoms with Gasteiger partial charge in [0.25, 0.3) is 0 Å². The molecule has 3 amide bonds. The van der Waals surface area contributed by atoms with Crippen molar-refractivity contribution in [2.75, 3.05) is 30.9 Å². The summed E-state index contributed by atoms with van der Waals surface area (Å²) in [5, 5.41) is 5.18. The van der Waals surface area contributed by atoms with Gasteiger partial charge in [0, 0.05) is 44.5 Å². The summed E-state index contributed by atoms with van der Waals surface area (Å²) in [7, 11) is 1.58. The van der Waals surface area contributed by atoms with Gasteiger partial charge in [-0.15, -0.1) is 0 Å². The van der Waals surface area contributed by atoms with Crippen LogP contribution >= 0.6 is 0 Å². The molecule has 1 aromatic carbocycles. The molecule has 0 aliphatic carbocycles. The van der Waals surface area contributed by atoms with Gasteiger partial charge in [0.1, 0.15) is 17.7 Å². The standard InChI is InChI=1S/C20H23FN4O4/c1-13(26)25-11-19(9-17(25)12-28-2)29-18-7-14(21)6-16(8-18)24-20(27)23-15-4-3-5-22-10-15/h3-8,10,17,19H,9,11-12H2,1-2H3,(H2,23,24,27)/t17-,19?/m1/s1. The van der Waals surface area contributed by atoms with E-state index in [2.05, 4.69) is 15.6 Å². The van der Waals surface area contributed by atoms with Crippen molar-refractivity contribution in [3.63, 3.8) is 0 Å². The van der Waals surface area contributed by atoms with Gasteiger partial charge in [-0.05, 0) is 18.2 Å². The van der Waals surface area contributed by atoms with E-state index >= 15 is 0 Å². The summed E-state index contributed by atoms with van der Waals surface area (Å²) < 4.78 is 25.1. The number of urea groups is 1. The van der Waals surface area contributed by atoms with Crippen molar-refractivity contribution in [1.82, 2.24) is 9.88 Å². The number of benzene rings is 1. The van der Waals surface area contributed by atoms with E-state index in [1.165, 1.54) is 31.3 Å². The maximum atomic E-state index is 14.0. The Balaban J connectivity index is 1.64. The highest BCUT2D eigenvalue weighted by atomic mass is 19.1. The number of anilines is 2. The van der Waals surface area contributed by atoms with Gasteiger partial charge in [-0.1, -0.05) is 0 Å². The van der Waals surface area contributed by atoms with Crippen LogP contribution in [0.5, 0.6) is 5.75 Å². The number of nitrogens with one attached hydrogen (secondary N) is 2. The molecule has 154 valence electrons. The molecule has 1 unspecified atom stereocenters. The second kappa shape index (κ2) is 9.33. The molecule has 2 N–H and O–H groups in total. The normalized spacial score (nSPS) is 18.4. The lowest BCUT2D eigenvalue weighted by Crippen LogP contribution is -2.36. The largest absolute Gasteiger partial charge is 0.488 e. The number of carbonyl (C=O) groups is 2. The zero-order valence-corrected chi connectivity index (χ0v) is 16.2. The molecule has 0 radical (unpaired) electrons. The van der Waals surface area contributed by atoms with Gasteiger partial charge in [-0.3, -0.25) is 9.78 Å². The molecule has 2 heterocycles. The highest BCUT2D eigenvalue weighted by Gasteiger charge is 2.35. The molecule has 0 spiro atoms. The first-order valence-electron chi connectivity index (χ1n) is 9.16. The van der Waals surface area contributed by atoms with E-state index in [1.54, 1.807) is 30.3 Å². The van der Waals surface area contributed by atoms with Gasteiger partial charge in [-0.25, -0.2) is 9.18 Å². The summed E-state index contributed by atoms with van der Waals surface area (Å²) in [5.74, 6) is -0.339. The van der Waals surface area contributed by atoms with Crippen LogP contribution in [0.3, 0.4) is 0 Å². The first-order chi connectivity index (χ1) is 13.9. The molecule has 1 aliphatic heterocycles. The number of halogens is 1. The Morgan fingerprint density at radius 3 is 2.76 bits per heavy atom. The smallest absolute Gasteiger partial charge is 0.323 e. The predicted octanol–water partition coefficient (Wildman–Crippen LogP) is 2.88. The van der Waals surface area contributed by atoms with E-state index < -0.39 is 11.8 Å². The second-order valence-corrected chi connectivity index (χ2v) is 6.75. The van der Waals surface area contributed by atoms with Gasteiger partial charge < -0.3 is 25.0 Å². The molecule has 0 bridgehead atoms. The minimum Gasteiger partial charge on any atom is -0.488 e. The number of aromatic nitrogens is 1. The fourth-order valence-electron chi connectivity index (χ4n) is 3.32. The van der Waals surface area contributed by atoms with Crippen LogP contribution in [-0.2, 0) is 9.53 Å². The van der Waals surface area contributed by atoms with Crippen LogP contribution in [0.25, 0.3) is 0 Å². The summed E-state index contributed by atoms with van der Waals surface area (Å²) in [5.41, 5.74) is 0.758. The van der Waals surface area contributed by atoms with Gasteiger partial charge >= 0.3 is 6.03 Å². The third kappa shape index (κ3) is 5.64. The van der Waals surface area contributed by atoms with Gasteiger partial charge in [-0.2, -0.15) is 0 Å². The Hall–Kier alpha value is -3.20. The molecule has 0 saturated carbocycles. The summed E-state index contributed by atoms with van der Waals surface area (Å²) in [4.78, 5) is 29.5. The lowest BCUT2D eigenvalue weighted by molar-refractivity contribution is -0.130. The predicted molar refractivity (Wildman–Crippen MR) is 105 cm³/mol. The lowest BCUT2D eigenvalue weighted by atomic mass is 10.2. The van der Waals surface area contributed by atoms with Crippen LogP contribution in [0.4, 0.5) is 20.6 Å². The maximum Gasteiger partial charge on any atom is 0.323 e. The summed E-state index contributed by atoms with van der Waals surface area (Å²) in [6.07, 6.45) is 3.37. The summed E-state index contributed by atoms with van der Waals surface area (Å²) in [6.45, 7) is 2.30. The number of ether oxygens (including phenoxy) is 2. The maximum absolute atomic E-state index is 14.0. The number of nitrogens with zero attached hydrogens (tertiary/aromatic N) is 2. The molecule has 1 fully saturated rings. The van der Waals surface area contributed by atoms with Crippen molar-refractivity contribution in [2.24, 2.45) is 0 Å². The quantitative estimate of drug-likeness (QED) is 0.775. The number of hydrogen-bond donors (Lipinski definition) is 2. The molecular weight excluding hydrogens is 379 g/mol. The molecule has 1 saturated heterocycles. The Labute approximate surface area is 168 Å². The van der Waals surface area contributed by atoms with Gasteiger partial charge in [0.15, 0.2) is 0 Å². The van der Waals surface area contributed by atoms with Crippen molar-refractivity contribution >= 4 is 23.3 Å². The second-order valence-electron chi connectivity index (χ2n) is 6.75. The number of rotatable bonds is 6. The number of pyridine rings is 1. The molecule has 2 aromatic rings. The first-order valence-corrected chi connectivity index (χ1v) is 9.16. The molecular formula is C20H23FN4O4. The number of methoxy groups -OCH3 is 1. The van der Waals surface area contributed by atoms with Crippen molar-refractivity contribution < 1.29 is 23.5 Å². The zero-order chi connectivity index (χ0) is 20.8. The lowest BCUT2D eigenvalue weighted by Gasteiger charge is -2.21. The molecule has 2 atom stereocenters. The fraction of sp³-hybridized carbons (Fsp3) is 0.350. The molecule has 29 heavy (non-hydrogen) atoms. The van der Waals surface area contributed by atoms with Gasteiger partial charge in [0.2, 0.25) is 5.91 Å². The van der Waals surface area contributed by atoms with Crippen LogP contribution in [-0.4, -0.2) is 54.2 Å². The van der Waals surface area contributed by atoms with E-state index in [9.17, 15) is 14.0 Å². The van der Waals surface area contributed by atoms with Crippen molar-refractivity contribution in [2.45, 2.75) is 25.5 Å². The topological polar surface area (TPSA) is 92.8 Å². The Morgan fingerprint density at radius 2 is 2.07 bits per heavy atom. The number of likely N-dealkylation sites (tertiary alicyclic amines) is 1. The molecule has 3 rings (SSSR count). The summed E-state index contributed by atoms with van der Waals surface area (Å²) in [6, 6.07) is 6.73. The minimum absolute atomic E-state index is 0.0631. The van der Waals surface area contributed by atoms with Crippen LogP contribution in [0.15, 0.2) is 42.7 Å². The number of amides is 3. The average Bonchev–Trinajstić information content (AvgIpc) is 3.05. The minimum atomic E-state index is -0.547. The van der Waals surface area contributed by atoms with Crippen LogP contribution in [0.2, 0.25) is 0 Å². The third-order valence-corrected chi connectivity index (χ3v) is 4.49. The zero-order valence-electron chi connectivity index (χ0n) is 16.2. The van der Waals surface area contributed by atoms with E-state index in [-0.39, 0.29) is 29.5 Å². The van der Waals surface area contributed by atoms with E-state index in [1.807, 2.05) is 0 Å². The third-order valence-electron chi connectivity index (χ3n) is 4.49. The highest BCUT2D eigenvalue weighted by molar-refractivity contribution is 5.99. The SMILES string of the molecule is COC[C@H]1CC(Oc2cc(F)cc(NC(=O)Nc3cccnc3)c2)CN1C(C)=O. The van der Waals surface area contributed by atoms with E-state index in [4.69, 9.17) is 9.47 Å². The molecule has 9 heteroatoms. The fourth-order valence-corrected chi connectivity index (χ4v) is 3.32. The van der Waals surface area contributed by atoms with Crippen molar-refractivity contribution in [3.8, 4) is 5.75 Å². The molecule has 8 nitrogen and oxygen atoms in total. The molecule has 1 aromatic heterocycles. The Bertz CT molecular complexity index is 865. The number of hydrogen-bond acceptors (Lipinski definition) is 5. The van der Waals surface area contributed by atoms with E-state index in [0.29, 0.717) is 25.3 Å². The van der Waals surface area contributed by atoms with Crippen LogP contribution in [0, 0.1) is 5.82 Å². The molecule has 1 aliphatic rings. The van der Waals surface area contributed by atoms with Crippen LogP contribution < -0.4 is 15.4 Å². The Morgan fingerprint density at radius 1 is 1.28 bits per heavy atom. The van der Waals surface area contributed by atoms with Crippen molar-refractivity contribution in [1.29, 1.82) is 0 Å². The first kappa shape index (κ1) is 20.5. The average molecular weight is 402 g/mol. The number of carbonyl (C=O) groups excluding carboxylic acids is 2. The monoisotopic (exact) mass is 402 g/mol. The highest BCUT2D eigenvalue weighted by Crippen LogP contribution is 2.26. The van der Waals surface area contributed by atoms with E-state index in [0.717, 1.165) is 0 Å².